The van der Waals surface area contributed by atoms with E-state index in [1.54, 1.807) is 0 Å². The van der Waals surface area contributed by atoms with Gasteiger partial charge in [0.2, 0.25) is 0 Å². The third kappa shape index (κ3) is 2.74. The van der Waals surface area contributed by atoms with Gasteiger partial charge in [0, 0.05) is 5.56 Å². The molecule has 1 aromatic carbocycles. The summed E-state index contributed by atoms with van der Waals surface area (Å²) < 4.78 is 5.57. The molecule has 1 saturated carbocycles. The molecule has 0 amide bonds. The molecular weight excluding hydrogens is 238 g/mol. The maximum absolute atomic E-state index is 10.7. The lowest BCUT2D eigenvalue weighted by Crippen LogP contribution is -2.30. The highest BCUT2D eigenvalue weighted by Crippen LogP contribution is 2.47. The second kappa shape index (κ2) is 6.08. The Morgan fingerprint density at radius 1 is 1.32 bits per heavy atom. The number of hydrogen-bond acceptors (Lipinski definition) is 3. The van der Waals surface area contributed by atoms with Crippen molar-refractivity contribution in [3.05, 3.63) is 29.8 Å². The summed E-state index contributed by atoms with van der Waals surface area (Å²) in [6.45, 7) is 2.48. The molecule has 1 aliphatic carbocycles. The van der Waals surface area contributed by atoms with Crippen LogP contribution in [0, 0.1) is 16.7 Å². The number of rotatable bonds is 4. The molecular formula is C16H21NO2. The predicted molar refractivity (Wildman–Crippen MR) is 73.7 cm³/mol. The van der Waals surface area contributed by atoms with E-state index in [4.69, 9.17) is 4.74 Å². The first kappa shape index (κ1) is 13.9. The topological polar surface area (TPSA) is 53.2 Å². The molecule has 0 saturated heterocycles. The summed E-state index contributed by atoms with van der Waals surface area (Å²) in [6, 6.07) is 9.87. The van der Waals surface area contributed by atoms with Crippen LogP contribution in [0.3, 0.4) is 0 Å². The van der Waals surface area contributed by atoms with E-state index < -0.39 is 11.5 Å². The molecule has 1 aliphatic rings. The summed E-state index contributed by atoms with van der Waals surface area (Å²) in [4.78, 5) is 0. The predicted octanol–water partition coefficient (Wildman–Crippen LogP) is 3.59. The molecule has 0 bridgehead atoms. The summed E-state index contributed by atoms with van der Waals surface area (Å²) in [5.41, 5.74) is 0.0960. The molecule has 1 atom stereocenters. The van der Waals surface area contributed by atoms with Crippen molar-refractivity contribution < 1.29 is 9.84 Å². The van der Waals surface area contributed by atoms with Gasteiger partial charge in [-0.1, -0.05) is 37.5 Å². The summed E-state index contributed by atoms with van der Waals surface area (Å²) in [5, 5.41) is 20.2. The molecule has 1 N–H and O–H groups in total. The van der Waals surface area contributed by atoms with Crippen LogP contribution >= 0.6 is 0 Å². The fraction of sp³-hybridized carbons (Fsp3) is 0.562. The minimum absolute atomic E-state index is 0.559. The van der Waals surface area contributed by atoms with E-state index in [9.17, 15) is 10.4 Å². The minimum Gasteiger partial charge on any atom is -0.493 e. The summed E-state index contributed by atoms with van der Waals surface area (Å²) >= 11 is 0. The van der Waals surface area contributed by atoms with Crippen LogP contribution in [-0.2, 0) is 0 Å². The van der Waals surface area contributed by atoms with Crippen molar-refractivity contribution in [2.45, 2.75) is 45.1 Å². The maximum Gasteiger partial charge on any atom is 0.125 e. The van der Waals surface area contributed by atoms with Gasteiger partial charge >= 0.3 is 0 Å². The van der Waals surface area contributed by atoms with E-state index >= 15 is 0 Å². The molecule has 1 aromatic rings. The van der Waals surface area contributed by atoms with Gasteiger partial charge in [-0.25, -0.2) is 0 Å². The molecule has 1 fully saturated rings. The van der Waals surface area contributed by atoms with Crippen LogP contribution in [0.2, 0.25) is 0 Å². The number of ether oxygens (including phenoxy) is 1. The lowest BCUT2D eigenvalue weighted by atomic mass is 9.69. The third-order valence-corrected chi connectivity index (χ3v) is 4.01. The van der Waals surface area contributed by atoms with Crippen LogP contribution in [0.5, 0.6) is 5.75 Å². The summed E-state index contributed by atoms with van der Waals surface area (Å²) in [5.74, 6) is 0.692. The molecule has 0 spiro atoms. The van der Waals surface area contributed by atoms with Gasteiger partial charge in [0.1, 0.15) is 11.9 Å². The van der Waals surface area contributed by atoms with Crippen molar-refractivity contribution in [2.75, 3.05) is 6.61 Å². The Hall–Kier alpha value is -1.53. The monoisotopic (exact) mass is 259 g/mol. The fourth-order valence-electron chi connectivity index (χ4n) is 2.92. The standard InChI is InChI=1S/C16H21NO2/c1-2-19-14-9-5-4-8-13(14)15(18)16(12-17)10-6-3-7-11-16/h4-5,8-9,15,18H,2-3,6-7,10-11H2,1H3. The van der Waals surface area contributed by atoms with Gasteiger partial charge in [-0.3, -0.25) is 0 Å². The molecule has 2 rings (SSSR count). The van der Waals surface area contributed by atoms with Crippen LogP contribution < -0.4 is 4.74 Å². The van der Waals surface area contributed by atoms with E-state index in [1.807, 2.05) is 31.2 Å². The van der Waals surface area contributed by atoms with Crippen molar-refractivity contribution >= 4 is 0 Å². The zero-order valence-electron chi connectivity index (χ0n) is 11.4. The molecule has 102 valence electrons. The van der Waals surface area contributed by atoms with Gasteiger partial charge in [0.05, 0.1) is 18.1 Å². The van der Waals surface area contributed by atoms with Crippen LogP contribution in [0.1, 0.15) is 50.7 Å². The zero-order chi connectivity index (χ0) is 13.7. The van der Waals surface area contributed by atoms with Crippen molar-refractivity contribution in [3.63, 3.8) is 0 Å². The summed E-state index contributed by atoms with van der Waals surface area (Å²) in [6.07, 6.45) is 3.96. The number of nitriles is 1. The van der Waals surface area contributed by atoms with Crippen molar-refractivity contribution in [1.29, 1.82) is 5.26 Å². The smallest absolute Gasteiger partial charge is 0.125 e. The van der Waals surface area contributed by atoms with Crippen LogP contribution in [0.15, 0.2) is 24.3 Å². The van der Waals surface area contributed by atoms with E-state index in [2.05, 4.69) is 6.07 Å². The van der Waals surface area contributed by atoms with Gasteiger partial charge in [0.25, 0.3) is 0 Å². The molecule has 0 heterocycles. The minimum atomic E-state index is -0.763. The molecule has 0 aromatic heterocycles. The second-order valence-corrected chi connectivity index (χ2v) is 5.20. The average Bonchev–Trinajstić information content (AvgIpc) is 2.48. The first-order chi connectivity index (χ1) is 9.23. The van der Waals surface area contributed by atoms with Gasteiger partial charge in [-0.05, 0) is 25.8 Å². The Morgan fingerprint density at radius 3 is 2.63 bits per heavy atom. The van der Waals surface area contributed by atoms with Gasteiger partial charge in [-0.15, -0.1) is 0 Å². The number of aliphatic hydroxyl groups excluding tert-OH is 1. The van der Waals surface area contributed by atoms with Gasteiger partial charge in [0.15, 0.2) is 0 Å². The third-order valence-electron chi connectivity index (χ3n) is 4.01. The summed E-state index contributed by atoms with van der Waals surface area (Å²) in [7, 11) is 0. The van der Waals surface area contributed by atoms with Crippen LogP contribution in [0.25, 0.3) is 0 Å². The second-order valence-electron chi connectivity index (χ2n) is 5.20. The molecule has 1 unspecified atom stereocenters. The van der Waals surface area contributed by atoms with Crippen molar-refractivity contribution in [3.8, 4) is 11.8 Å². The lowest BCUT2D eigenvalue weighted by Gasteiger charge is -2.35. The highest BCUT2D eigenvalue weighted by Gasteiger charge is 2.41. The average molecular weight is 259 g/mol. The van der Waals surface area contributed by atoms with E-state index in [0.29, 0.717) is 12.4 Å². The zero-order valence-corrected chi connectivity index (χ0v) is 11.4. The Balaban J connectivity index is 2.32. The Morgan fingerprint density at radius 2 is 2.00 bits per heavy atom. The van der Waals surface area contributed by atoms with Gasteiger partial charge in [-0.2, -0.15) is 5.26 Å². The molecule has 0 aliphatic heterocycles. The van der Waals surface area contributed by atoms with Crippen molar-refractivity contribution in [1.82, 2.24) is 0 Å². The Bertz CT molecular complexity index is 458. The normalized spacial score (nSPS) is 19.4. The highest BCUT2D eigenvalue weighted by atomic mass is 16.5. The quantitative estimate of drug-likeness (QED) is 0.899. The van der Waals surface area contributed by atoms with Crippen LogP contribution in [0.4, 0.5) is 0 Å². The number of benzene rings is 1. The van der Waals surface area contributed by atoms with Gasteiger partial charge < -0.3 is 9.84 Å². The number of aliphatic hydroxyl groups is 1. The first-order valence-corrected chi connectivity index (χ1v) is 7.04. The highest BCUT2D eigenvalue weighted by molar-refractivity contribution is 5.37. The molecule has 19 heavy (non-hydrogen) atoms. The number of para-hydroxylation sites is 1. The van der Waals surface area contributed by atoms with E-state index in [0.717, 1.165) is 37.7 Å². The molecule has 3 nitrogen and oxygen atoms in total. The van der Waals surface area contributed by atoms with E-state index in [-0.39, 0.29) is 0 Å². The SMILES string of the molecule is CCOc1ccccc1C(O)C1(C#N)CCCCC1. The Labute approximate surface area is 114 Å². The Kier molecular flexibility index (Phi) is 4.44. The van der Waals surface area contributed by atoms with Crippen molar-refractivity contribution in [2.24, 2.45) is 5.41 Å². The lowest BCUT2D eigenvalue weighted by molar-refractivity contribution is 0.0338. The largest absolute Gasteiger partial charge is 0.493 e. The maximum atomic E-state index is 10.7. The fourth-order valence-corrected chi connectivity index (χ4v) is 2.92. The first-order valence-electron chi connectivity index (χ1n) is 7.04. The number of hydrogen-bond donors (Lipinski definition) is 1. The molecule has 0 radical (unpaired) electrons. The number of nitrogens with zero attached hydrogens (tertiary/aromatic N) is 1. The van der Waals surface area contributed by atoms with E-state index in [1.165, 1.54) is 0 Å². The molecule has 3 heteroatoms. The van der Waals surface area contributed by atoms with Crippen LogP contribution in [-0.4, -0.2) is 11.7 Å².